The summed E-state index contributed by atoms with van der Waals surface area (Å²) in [7, 11) is 0. The van der Waals surface area contributed by atoms with Crippen molar-refractivity contribution >= 4 is 38.9 Å². The van der Waals surface area contributed by atoms with Gasteiger partial charge in [-0.25, -0.2) is 0 Å². The third kappa shape index (κ3) is 4.32. The Morgan fingerprint density at radius 3 is 2.75 bits per heavy atom. The van der Waals surface area contributed by atoms with E-state index in [1.165, 1.54) is 20.5 Å². The van der Waals surface area contributed by atoms with E-state index in [-0.39, 0.29) is 0 Å². The first kappa shape index (κ1) is 16.0. The van der Waals surface area contributed by atoms with Crippen molar-refractivity contribution in [2.45, 2.75) is 32.7 Å². The molecule has 0 bridgehead atoms. The molecule has 0 aliphatic heterocycles. The number of nitrogens with one attached hydrogen (secondary N) is 1. The van der Waals surface area contributed by atoms with Gasteiger partial charge in [0.1, 0.15) is 0 Å². The quantitative estimate of drug-likeness (QED) is 0.680. The van der Waals surface area contributed by atoms with E-state index >= 15 is 0 Å². The number of aryl methyl sites for hydroxylation is 1. The van der Waals surface area contributed by atoms with Gasteiger partial charge in [-0.15, -0.1) is 11.3 Å². The van der Waals surface area contributed by atoms with Crippen LogP contribution in [0.4, 0.5) is 0 Å². The highest BCUT2D eigenvalue weighted by Gasteiger charge is 2.15. The molecule has 0 amide bonds. The van der Waals surface area contributed by atoms with E-state index in [1.54, 1.807) is 11.3 Å². The van der Waals surface area contributed by atoms with Crippen LogP contribution in [0.3, 0.4) is 0 Å². The third-order valence-electron chi connectivity index (χ3n) is 3.19. The Kier molecular flexibility index (Phi) is 6.09. The van der Waals surface area contributed by atoms with E-state index in [0.717, 1.165) is 24.4 Å². The van der Waals surface area contributed by atoms with Crippen LogP contribution < -0.4 is 5.32 Å². The fraction of sp³-hybridized carbons (Fsp3) is 0.375. The average Bonchev–Trinajstić information content (AvgIpc) is 2.78. The van der Waals surface area contributed by atoms with Gasteiger partial charge in [-0.2, -0.15) is 0 Å². The predicted octanol–water partition coefficient (Wildman–Crippen LogP) is 5.76. The highest BCUT2D eigenvalue weighted by atomic mass is 79.9. The molecule has 1 unspecified atom stereocenters. The van der Waals surface area contributed by atoms with Crippen LogP contribution in [0, 0.1) is 6.92 Å². The highest BCUT2D eigenvalue weighted by molar-refractivity contribution is 9.10. The summed E-state index contributed by atoms with van der Waals surface area (Å²) < 4.78 is 1.20. The lowest BCUT2D eigenvalue weighted by Crippen LogP contribution is -2.24. The zero-order valence-corrected chi connectivity index (χ0v) is 14.9. The Hall–Kier alpha value is -0.350. The molecule has 1 atom stereocenters. The van der Waals surface area contributed by atoms with Crippen LogP contribution in [-0.2, 0) is 6.42 Å². The van der Waals surface area contributed by atoms with Crippen molar-refractivity contribution in [1.82, 2.24) is 5.32 Å². The summed E-state index contributed by atoms with van der Waals surface area (Å²) in [6.07, 6.45) is 2.11. The standard InChI is InChI=1S/C16H19BrClNS/c1-3-5-19-15(10-16-14(17)4-6-20-16)12-7-11(2)8-13(18)9-12/h4,6-9,15,19H,3,5,10H2,1-2H3. The number of benzene rings is 1. The number of thiophene rings is 1. The van der Waals surface area contributed by atoms with Crippen molar-refractivity contribution in [3.05, 3.63) is 55.1 Å². The summed E-state index contributed by atoms with van der Waals surface area (Å²) in [5, 5.41) is 6.57. The Morgan fingerprint density at radius 2 is 2.15 bits per heavy atom. The third-order valence-corrected chi connectivity index (χ3v) is 5.36. The van der Waals surface area contributed by atoms with Crippen LogP contribution in [0.5, 0.6) is 0 Å². The summed E-state index contributed by atoms with van der Waals surface area (Å²) in [5.41, 5.74) is 2.48. The van der Waals surface area contributed by atoms with E-state index in [0.29, 0.717) is 6.04 Å². The second-order valence-corrected chi connectivity index (χ2v) is 7.26. The van der Waals surface area contributed by atoms with Crippen molar-refractivity contribution in [1.29, 1.82) is 0 Å². The van der Waals surface area contributed by atoms with Crippen molar-refractivity contribution in [3.8, 4) is 0 Å². The lowest BCUT2D eigenvalue weighted by molar-refractivity contribution is 0.531. The first-order valence-electron chi connectivity index (χ1n) is 6.82. The Bertz CT molecular complexity index is 547. The molecule has 0 aliphatic rings. The minimum Gasteiger partial charge on any atom is -0.310 e. The topological polar surface area (TPSA) is 12.0 Å². The zero-order chi connectivity index (χ0) is 14.5. The normalized spacial score (nSPS) is 12.6. The van der Waals surface area contributed by atoms with Crippen molar-refractivity contribution < 1.29 is 0 Å². The molecule has 0 saturated heterocycles. The SMILES string of the molecule is CCCNC(Cc1sccc1Br)c1cc(C)cc(Cl)c1. The largest absolute Gasteiger partial charge is 0.310 e. The number of hydrogen-bond donors (Lipinski definition) is 1. The minimum atomic E-state index is 0.308. The molecule has 1 N–H and O–H groups in total. The van der Waals surface area contributed by atoms with Gasteiger partial charge in [-0.05, 0) is 70.5 Å². The molecule has 20 heavy (non-hydrogen) atoms. The average molecular weight is 373 g/mol. The fourth-order valence-electron chi connectivity index (χ4n) is 2.25. The van der Waals surface area contributed by atoms with Crippen LogP contribution in [-0.4, -0.2) is 6.54 Å². The Morgan fingerprint density at radius 1 is 1.35 bits per heavy atom. The monoisotopic (exact) mass is 371 g/mol. The maximum atomic E-state index is 6.21. The van der Waals surface area contributed by atoms with Gasteiger partial charge in [0, 0.05) is 26.8 Å². The summed E-state index contributed by atoms with van der Waals surface area (Å²) >= 11 is 11.6. The van der Waals surface area contributed by atoms with Crippen molar-refractivity contribution in [3.63, 3.8) is 0 Å². The van der Waals surface area contributed by atoms with E-state index in [1.807, 2.05) is 6.07 Å². The fourth-order valence-corrected chi connectivity index (χ4v) is 4.11. The molecule has 0 fully saturated rings. The summed E-state index contributed by atoms with van der Waals surface area (Å²) in [6, 6.07) is 8.72. The first-order chi connectivity index (χ1) is 9.60. The predicted molar refractivity (Wildman–Crippen MR) is 92.9 cm³/mol. The molecule has 1 nitrogen and oxygen atoms in total. The molecule has 2 rings (SSSR count). The van der Waals surface area contributed by atoms with Gasteiger partial charge in [-0.3, -0.25) is 0 Å². The maximum absolute atomic E-state index is 6.21. The number of hydrogen-bond acceptors (Lipinski definition) is 2. The Balaban J connectivity index is 2.24. The molecule has 0 saturated carbocycles. The molecule has 2 aromatic rings. The van der Waals surface area contributed by atoms with E-state index < -0.39 is 0 Å². The van der Waals surface area contributed by atoms with Crippen molar-refractivity contribution in [2.24, 2.45) is 0 Å². The molecule has 1 aromatic heterocycles. The second kappa shape index (κ2) is 7.60. The number of rotatable bonds is 6. The molecular formula is C16H19BrClNS. The first-order valence-corrected chi connectivity index (χ1v) is 8.87. The summed E-state index contributed by atoms with van der Waals surface area (Å²) in [5.74, 6) is 0. The molecule has 0 radical (unpaired) electrons. The molecule has 0 spiro atoms. The van der Waals surface area contributed by atoms with Gasteiger partial charge in [-0.1, -0.05) is 24.6 Å². The van der Waals surface area contributed by atoms with E-state index in [2.05, 4.69) is 58.7 Å². The molecule has 108 valence electrons. The molecule has 1 aromatic carbocycles. The molecule has 1 heterocycles. The molecule has 4 heteroatoms. The van der Waals surface area contributed by atoms with Crippen LogP contribution in [0.15, 0.2) is 34.1 Å². The maximum Gasteiger partial charge on any atom is 0.0411 e. The van der Waals surface area contributed by atoms with Crippen LogP contribution in [0.25, 0.3) is 0 Å². The van der Waals surface area contributed by atoms with E-state index in [9.17, 15) is 0 Å². The van der Waals surface area contributed by atoms with Crippen LogP contribution in [0.2, 0.25) is 5.02 Å². The summed E-state index contributed by atoms with van der Waals surface area (Å²) in [4.78, 5) is 1.37. The van der Waals surface area contributed by atoms with Crippen molar-refractivity contribution in [2.75, 3.05) is 6.54 Å². The smallest absolute Gasteiger partial charge is 0.0411 e. The Labute approximate surface area is 138 Å². The lowest BCUT2D eigenvalue weighted by atomic mass is 10.0. The van der Waals surface area contributed by atoms with Gasteiger partial charge in [0.2, 0.25) is 0 Å². The van der Waals surface area contributed by atoms with Gasteiger partial charge < -0.3 is 5.32 Å². The number of halogens is 2. The van der Waals surface area contributed by atoms with Gasteiger partial charge >= 0.3 is 0 Å². The highest BCUT2D eigenvalue weighted by Crippen LogP contribution is 2.29. The van der Waals surface area contributed by atoms with Gasteiger partial charge in [0.15, 0.2) is 0 Å². The second-order valence-electron chi connectivity index (χ2n) is 4.96. The molecular weight excluding hydrogens is 354 g/mol. The summed E-state index contributed by atoms with van der Waals surface area (Å²) in [6.45, 7) is 5.29. The zero-order valence-electron chi connectivity index (χ0n) is 11.7. The molecule has 0 aliphatic carbocycles. The van der Waals surface area contributed by atoms with Gasteiger partial charge in [0.05, 0.1) is 0 Å². The minimum absolute atomic E-state index is 0.308. The van der Waals surface area contributed by atoms with E-state index in [4.69, 9.17) is 11.6 Å². The lowest BCUT2D eigenvalue weighted by Gasteiger charge is -2.19. The van der Waals surface area contributed by atoms with Gasteiger partial charge in [0.25, 0.3) is 0 Å². The van der Waals surface area contributed by atoms with Crippen LogP contribution >= 0.6 is 38.9 Å². The van der Waals surface area contributed by atoms with Crippen LogP contribution in [0.1, 0.15) is 35.4 Å².